The molecule has 0 aromatic heterocycles. The van der Waals surface area contributed by atoms with Crippen molar-refractivity contribution in [2.24, 2.45) is 5.73 Å². The van der Waals surface area contributed by atoms with Crippen LogP contribution in [-0.2, 0) is 6.42 Å². The molecule has 1 aromatic carbocycles. The van der Waals surface area contributed by atoms with Crippen molar-refractivity contribution in [1.29, 1.82) is 0 Å². The van der Waals surface area contributed by atoms with Crippen molar-refractivity contribution in [2.45, 2.75) is 19.8 Å². The highest BCUT2D eigenvalue weighted by atomic mass is 35.5. The summed E-state index contributed by atoms with van der Waals surface area (Å²) in [6, 6.07) is 3.92. The normalized spacial score (nSPS) is 10.3. The Morgan fingerprint density at radius 3 is 2.71 bits per heavy atom. The lowest BCUT2D eigenvalue weighted by atomic mass is 10.1. The predicted molar refractivity (Wildman–Crippen MR) is 60.1 cm³/mol. The summed E-state index contributed by atoms with van der Waals surface area (Å²) in [6.07, 6.45) is 1.86. The summed E-state index contributed by atoms with van der Waals surface area (Å²) in [6.45, 7) is 2.67. The van der Waals surface area contributed by atoms with E-state index in [1.165, 1.54) is 0 Å². The van der Waals surface area contributed by atoms with Gasteiger partial charge in [-0.15, -0.1) is 0 Å². The van der Waals surface area contributed by atoms with Crippen LogP contribution in [0.5, 0.6) is 5.75 Å². The lowest BCUT2D eigenvalue weighted by Crippen LogP contribution is -2.01. The first kappa shape index (κ1) is 11.3. The standard InChI is InChI=1S/C11H16ClNO/c1-8-6-10(14-2)7-9(11(8)12)4-3-5-13/h6-7H,3-5,13H2,1-2H3. The number of aryl methyl sites for hydroxylation is 2. The van der Waals surface area contributed by atoms with Crippen LogP contribution in [0.2, 0.25) is 5.02 Å². The van der Waals surface area contributed by atoms with E-state index in [1.54, 1.807) is 7.11 Å². The van der Waals surface area contributed by atoms with E-state index < -0.39 is 0 Å². The molecule has 0 unspecified atom stereocenters. The smallest absolute Gasteiger partial charge is 0.119 e. The van der Waals surface area contributed by atoms with Gasteiger partial charge in [0, 0.05) is 5.02 Å². The average molecular weight is 214 g/mol. The highest BCUT2D eigenvalue weighted by molar-refractivity contribution is 6.32. The minimum Gasteiger partial charge on any atom is -0.497 e. The fraction of sp³-hybridized carbons (Fsp3) is 0.455. The molecule has 0 atom stereocenters. The van der Waals surface area contributed by atoms with Crippen LogP contribution in [0.4, 0.5) is 0 Å². The largest absolute Gasteiger partial charge is 0.497 e. The van der Waals surface area contributed by atoms with Crippen LogP contribution >= 0.6 is 11.6 Å². The molecule has 0 fully saturated rings. The van der Waals surface area contributed by atoms with Gasteiger partial charge >= 0.3 is 0 Å². The predicted octanol–water partition coefficient (Wildman–Crippen LogP) is 2.55. The van der Waals surface area contributed by atoms with E-state index in [1.807, 2.05) is 19.1 Å². The number of nitrogens with two attached hydrogens (primary N) is 1. The van der Waals surface area contributed by atoms with Gasteiger partial charge in [0.05, 0.1) is 7.11 Å². The third kappa shape index (κ3) is 2.63. The molecule has 0 aliphatic carbocycles. The Labute approximate surface area is 90.0 Å². The number of methoxy groups -OCH3 is 1. The summed E-state index contributed by atoms with van der Waals surface area (Å²) in [5, 5.41) is 0.833. The molecule has 2 nitrogen and oxygen atoms in total. The van der Waals surface area contributed by atoms with Crippen LogP contribution in [0, 0.1) is 6.92 Å². The van der Waals surface area contributed by atoms with Crippen LogP contribution < -0.4 is 10.5 Å². The van der Waals surface area contributed by atoms with Gasteiger partial charge in [-0.05, 0) is 49.6 Å². The lowest BCUT2D eigenvalue weighted by molar-refractivity contribution is 0.414. The lowest BCUT2D eigenvalue weighted by Gasteiger charge is -2.09. The van der Waals surface area contributed by atoms with Crippen LogP contribution in [0.15, 0.2) is 12.1 Å². The topological polar surface area (TPSA) is 35.2 Å². The number of rotatable bonds is 4. The molecule has 1 rings (SSSR count). The number of benzene rings is 1. The first-order valence-electron chi connectivity index (χ1n) is 4.72. The molecule has 0 saturated heterocycles. The van der Waals surface area contributed by atoms with Crippen molar-refractivity contribution in [1.82, 2.24) is 0 Å². The first-order valence-corrected chi connectivity index (χ1v) is 5.10. The average Bonchev–Trinajstić information content (AvgIpc) is 2.20. The molecule has 0 saturated carbocycles. The van der Waals surface area contributed by atoms with Gasteiger partial charge in [-0.25, -0.2) is 0 Å². The number of hydrogen-bond donors (Lipinski definition) is 1. The minimum atomic E-state index is 0.687. The van der Waals surface area contributed by atoms with E-state index in [0.29, 0.717) is 6.54 Å². The van der Waals surface area contributed by atoms with Crippen molar-refractivity contribution >= 4 is 11.6 Å². The Morgan fingerprint density at radius 1 is 1.43 bits per heavy atom. The van der Waals surface area contributed by atoms with Gasteiger partial charge in [0.1, 0.15) is 5.75 Å². The zero-order valence-electron chi connectivity index (χ0n) is 8.64. The van der Waals surface area contributed by atoms with Crippen molar-refractivity contribution in [2.75, 3.05) is 13.7 Å². The molecule has 0 bridgehead atoms. The van der Waals surface area contributed by atoms with Crippen molar-refractivity contribution in [3.63, 3.8) is 0 Å². The maximum atomic E-state index is 6.16. The summed E-state index contributed by atoms with van der Waals surface area (Å²) in [7, 11) is 1.66. The van der Waals surface area contributed by atoms with Crippen LogP contribution in [0.3, 0.4) is 0 Å². The van der Waals surface area contributed by atoms with Gasteiger partial charge in [-0.2, -0.15) is 0 Å². The van der Waals surface area contributed by atoms with Gasteiger partial charge < -0.3 is 10.5 Å². The molecule has 0 radical (unpaired) electrons. The Balaban J connectivity index is 2.95. The molecular weight excluding hydrogens is 198 g/mol. The van der Waals surface area contributed by atoms with Gasteiger partial charge in [-0.3, -0.25) is 0 Å². The van der Waals surface area contributed by atoms with Gasteiger partial charge in [0.2, 0.25) is 0 Å². The van der Waals surface area contributed by atoms with E-state index in [2.05, 4.69) is 0 Å². The van der Waals surface area contributed by atoms with Crippen molar-refractivity contribution in [3.05, 3.63) is 28.3 Å². The molecule has 2 N–H and O–H groups in total. The third-order valence-electron chi connectivity index (χ3n) is 2.19. The highest BCUT2D eigenvalue weighted by Gasteiger charge is 2.05. The minimum absolute atomic E-state index is 0.687. The Bertz CT molecular complexity index is 312. The Kier molecular flexibility index (Phi) is 4.23. The van der Waals surface area contributed by atoms with Gasteiger partial charge in [0.25, 0.3) is 0 Å². The summed E-state index contributed by atoms with van der Waals surface area (Å²) in [4.78, 5) is 0. The second-order valence-corrected chi connectivity index (χ2v) is 3.69. The molecule has 1 aromatic rings. The quantitative estimate of drug-likeness (QED) is 0.835. The Morgan fingerprint density at radius 2 is 2.14 bits per heavy atom. The Hall–Kier alpha value is -0.730. The second kappa shape index (κ2) is 5.23. The van der Waals surface area contributed by atoms with Gasteiger partial charge in [-0.1, -0.05) is 11.6 Å². The van der Waals surface area contributed by atoms with Crippen molar-refractivity contribution in [3.8, 4) is 5.75 Å². The molecule has 78 valence electrons. The maximum absolute atomic E-state index is 6.16. The van der Waals surface area contributed by atoms with Crippen LogP contribution in [0.25, 0.3) is 0 Å². The highest BCUT2D eigenvalue weighted by Crippen LogP contribution is 2.27. The molecule has 0 aliphatic rings. The van der Waals surface area contributed by atoms with Crippen LogP contribution in [-0.4, -0.2) is 13.7 Å². The summed E-state index contributed by atoms with van der Waals surface area (Å²) in [5.74, 6) is 0.860. The number of hydrogen-bond acceptors (Lipinski definition) is 2. The molecule has 0 spiro atoms. The van der Waals surface area contributed by atoms with Crippen LogP contribution in [0.1, 0.15) is 17.5 Å². The fourth-order valence-electron chi connectivity index (χ4n) is 1.40. The SMILES string of the molecule is COc1cc(C)c(Cl)c(CCCN)c1. The summed E-state index contributed by atoms with van der Waals surface area (Å²) >= 11 is 6.16. The van der Waals surface area contributed by atoms with E-state index in [4.69, 9.17) is 22.1 Å². The summed E-state index contributed by atoms with van der Waals surface area (Å²) < 4.78 is 5.18. The number of ether oxygens (including phenoxy) is 1. The molecule has 3 heteroatoms. The maximum Gasteiger partial charge on any atom is 0.119 e. The first-order chi connectivity index (χ1) is 6.69. The zero-order valence-corrected chi connectivity index (χ0v) is 9.40. The molecule has 0 amide bonds. The van der Waals surface area contributed by atoms with E-state index >= 15 is 0 Å². The van der Waals surface area contributed by atoms with E-state index in [0.717, 1.165) is 34.7 Å². The molecule has 0 aliphatic heterocycles. The molecular formula is C11H16ClNO. The molecule has 0 heterocycles. The second-order valence-electron chi connectivity index (χ2n) is 3.31. The van der Waals surface area contributed by atoms with E-state index in [9.17, 15) is 0 Å². The third-order valence-corrected chi connectivity index (χ3v) is 2.73. The monoisotopic (exact) mass is 213 g/mol. The van der Waals surface area contributed by atoms with Crippen molar-refractivity contribution < 1.29 is 4.74 Å². The van der Waals surface area contributed by atoms with E-state index in [-0.39, 0.29) is 0 Å². The van der Waals surface area contributed by atoms with Gasteiger partial charge in [0.15, 0.2) is 0 Å². The molecule has 14 heavy (non-hydrogen) atoms. The number of halogens is 1. The summed E-state index contributed by atoms with van der Waals surface area (Å²) in [5.41, 5.74) is 7.63. The zero-order chi connectivity index (χ0) is 10.6. The fourth-order valence-corrected chi connectivity index (χ4v) is 1.60.